The van der Waals surface area contributed by atoms with E-state index in [0.29, 0.717) is 16.4 Å². The Morgan fingerprint density at radius 1 is 1.21 bits per heavy atom. The smallest absolute Gasteiger partial charge is 0.251 e. The molecule has 0 spiro atoms. The van der Waals surface area contributed by atoms with Crippen LogP contribution in [0.1, 0.15) is 10.4 Å². The number of hydrogen-bond donors (Lipinski definition) is 3. The Labute approximate surface area is 114 Å². The number of carbonyl (C=O) groups is 2. The number of carbonyl (C=O) groups excluding carboxylic acids is 2. The van der Waals surface area contributed by atoms with Gasteiger partial charge >= 0.3 is 0 Å². The van der Waals surface area contributed by atoms with Crippen molar-refractivity contribution in [1.29, 1.82) is 0 Å². The topological polar surface area (TPSA) is 86.9 Å². The van der Waals surface area contributed by atoms with Gasteiger partial charge in [0, 0.05) is 16.7 Å². The Balaban J connectivity index is 1.83. The van der Waals surface area contributed by atoms with Crippen LogP contribution in [0.4, 0.5) is 5.82 Å². The third-order valence-electron chi connectivity index (χ3n) is 2.29. The Kier molecular flexibility index (Phi) is 4.15. The molecule has 0 fully saturated rings. The summed E-state index contributed by atoms with van der Waals surface area (Å²) in [6.45, 7) is -0.125. The number of nitrogens with one attached hydrogen (secondary N) is 3. The number of aromatic nitrogens is 2. The molecule has 0 saturated heterocycles. The van der Waals surface area contributed by atoms with E-state index in [4.69, 9.17) is 11.6 Å². The van der Waals surface area contributed by atoms with E-state index in [1.165, 1.54) is 6.20 Å². The Hall–Kier alpha value is -2.34. The second-order valence-electron chi connectivity index (χ2n) is 3.71. The van der Waals surface area contributed by atoms with Crippen molar-refractivity contribution in [2.24, 2.45) is 0 Å². The van der Waals surface area contributed by atoms with Gasteiger partial charge in [-0.1, -0.05) is 11.6 Å². The van der Waals surface area contributed by atoms with E-state index in [9.17, 15) is 9.59 Å². The van der Waals surface area contributed by atoms with Crippen molar-refractivity contribution in [1.82, 2.24) is 15.5 Å². The fourth-order valence-corrected chi connectivity index (χ4v) is 1.51. The van der Waals surface area contributed by atoms with Gasteiger partial charge < -0.3 is 10.6 Å². The molecule has 7 heteroatoms. The predicted molar refractivity (Wildman–Crippen MR) is 71.0 cm³/mol. The quantitative estimate of drug-likeness (QED) is 0.791. The molecule has 2 amide bonds. The zero-order valence-electron chi connectivity index (χ0n) is 9.81. The number of H-pyrrole nitrogens is 1. The van der Waals surface area contributed by atoms with Crippen molar-refractivity contribution in [2.75, 3.05) is 11.9 Å². The van der Waals surface area contributed by atoms with Gasteiger partial charge in [0.1, 0.15) is 5.82 Å². The van der Waals surface area contributed by atoms with Gasteiger partial charge in [0.25, 0.3) is 5.91 Å². The van der Waals surface area contributed by atoms with Crippen molar-refractivity contribution >= 4 is 29.2 Å². The lowest BCUT2D eigenvalue weighted by Gasteiger charge is -2.05. The van der Waals surface area contributed by atoms with Crippen molar-refractivity contribution in [2.45, 2.75) is 0 Å². The molecule has 0 aliphatic rings. The normalized spacial score (nSPS) is 9.95. The Morgan fingerprint density at radius 2 is 1.95 bits per heavy atom. The highest BCUT2D eigenvalue weighted by atomic mass is 35.5. The summed E-state index contributed by atoms with van der Waals surface area (Å²) in [5.74, 6) is -0.200. The highest BCUT2D eigenvalue weighted by Crippen LogP contribution is 2.09. The highest BCUT2D eigenvalue weighted by molar-refractivity contribution is 6.30. The summed E-state index contributed by atoms with van der Waals surface area (Å²) in [5, 5.41) is 11.9. The lowest BCUT2D eigenvalue weighted by atomic mass is 10.2. The van der Waals surface area contributed by atoms with Gasteiger partial charge in [-0.3, -0.25) is 14.7 Å². The number of nitrogens with zero attached hydrogens (tertiary/aromatic N) is 1. The van der Waals surface area contributed by atoms with Gasteiger partial charge in [-0.25, -0.2) is 0 Å². The minimum absolute atomic E-state index is 0.125. The molecule has 0 atom stereocenters. The summed E-state index contributed by atoms with van der Waals surface area (Å²) >= 11 is 5.72. The lowest BCUT2D eigenvalue weighted by Crippen LogP contribution is -2.32. The van der Waals surface area contributed by atoms with Gasteiger partial charge in [-0.2, -0.15) is 5.10 Å². The predicted octanol–water partition coefficient (Wildman–Crippen LogP) is 1.43. The molecule has 0 radical (unpaired) electrons. The Morgan fingerprint density at radius 3 is 2.58 bits per heavy atom. The minimum Gasteiger partial charge on any atom is -0.343 e. The zero-order valence-corrected chi connectivity index (χ0v) is 10.6. The van der Waals surface area contributed by atoms with Crippen LogP contribution in [0.25, 0.3) is 0 Å². The van der Waals surface area contributed by atoms with Crippen LogP contribution in [-0.4, -0.2) is 28.6 Å². The molecule has 0 bridgehead atoms. The summed E-state index contributed by atoms with van der Waals surface area (Å²) in [6.07, 6.45) is 1.52. The van der Waals surface area contributed by atoms with Gasteiger partial charge in [0.2, 0.25) is 5.91 Å². The molecule has 1 aromatic carbocycles. The van der Waals surface area contributed by atoms with Crippen LogP contribution < -0.4 is 10.6 Å². The molecule has 0 saturated carbocycles. The summed E-state index contributed by atoms with van der Waals surface area (Å²) in [4.78, 5) is 23.2. The summed E-state index contributed by atoms with van der Waals surface area (Å²) in [5.41, 5.74) is 0.443. The van der Waals surface area contributed by atoms with E-state index in [1.807, 2.05) is 0 Å². The van der Waals surface area contributed by atoms with Gasteiger partial charge in [-0.15, -0.1) is 0 Å². The number of aromatic amines is 1. The molecule has 1 heterocycles. The van der Waals surface area contributed by atoms with Crippen molar-refractivity contribution < 1.29 is 9.59 Å². The van der Waals surface area contributed by atoms with Gasteiger partial charge in [0.15, 0.2) is 0 Å². The largest absolute Gasteiger partial charge is 0.343 e. The first kappa shape index (κ1) is 13.1. The first-order valence-corrected chi connectivity index (χ1v) is 5.86. The highest BCUT2D eigenvalue weighted by Gasteiger charge is 2.08. The number of amides is 2. The number of rotatable bonds is 4. The molecule has 2 rings (SSSR count). The number of hydrogen-bond acceptors (Lipinski definition) is 3. The van der Waals surface area contributed by atoms with Crippen LogP contribution in [0.15, 0.2) is 36.5 Å². The molecule has 1 aromatic heterocycles. The fourth-order valence-electron chi connectivity index (χ4n) is 1.38. The molecule has 0 aliphatic carbocycles. The van der Waals surface area contributed by atoms with E-state index >= 15 is 0 Å². The van der Waals surface area contributed by atoms with Crippen LogP contribution in [0.5, 0.6) is 0 Å². The third-order valence-corrected chi connectivity index (χ3v) is 2.54. The minimum atomic E-state index is -0.341. The number of benzene rings is 1. The van der Waals surface area contributed by atoms with E-state index in [2.05, 4.69) is 20.8 Å². The van der Waals surface area contributed by atoms with E-state index in [1.54, 1.807) is 30.3 Å². The Bertz CT molecular complexity index is 566. The molecule has 0 aliphatic heterocycles. The van der Waals surface area contributed by atoms with E-state index < -0.39 is 0 Å². The van der Waals surface area contributed by atoms with Crippen LogP contribution in [0.3, 0.4) is 0 Å². The van der Waals surface area contributed by atoms with Crippen LogP contribution in [-0.2, 0) is 4.79 Å². The summed E-state index contributed by atoms with van der Waals surface area (Å²) in [6, 6.07) is 8.01. The summed E-state index contributed by atoms with van der Waals surface area (Å²) in [7, 11) is 0. The molecular weight excluding hydrogens is 268 g/mol. The molecule has 98 valence electrons. The monoisotopic (exact) mass is 278 g/mol. The van der Waals surface area contributed by atoms with E-state index in [-0.39, 0.29) is 18.4 Å². The first-order chi connectivity index (χ1) is 9.15. The maximum absolute atomic E-state index is 11.7. The van der Waals surface area contributed by atoms with E-state index in [0.717, 1.165) is 0 Å². The second kappa shape index (κ2) is 6.01. The van der Waals surface area contributed by atoms with Crippen LogP contribution >= 0.6 is 11.6 Å². The molecule has 19 heavy (non-hydrogen) atoms. The third kappa shape index (κ3) is 3.82. The molecule has 2 aromatic rings. The maximum atomic E-state index is 11.7. The SMILES string of the molecule is O=C(CNC(=O)c1ccc(Cl)cc1)Nc1ccn[nH]1. The van der Waals surface area contributed by atoms with Crippen LogP contribution in [0, 0.1) is 0 Å². The maximum Gasteiger partial charge on any atom is 0.251 e. The lowest BCUT2D eigenvalue weighted by molar-refractivity contribution is -0.115. The van der Waals surface area contributed by atoms with Gasteiger partial charge in [-0.05, 0) is 24.3 Å². The number of halogens is 1. The summed E-state index contributed by atoms with van der Waals surface area (Å²) < 4.78 is 0. The van der Waals surface area contributed by atoms with Crippen LogP contribution in [0.2, 0.25) is 5.02 Å². The van der Waals surface area contributed by atoms with Crippen molar-refractivity contribution in [3.8, 4) is 0 Å². The van der Waals surface area contributed by atoms with Crippen molar-refractivity contribution in [3.63, 3.8) is 0 Å². The molecule has 3 N–H and O–H groups in total. The van der Waals surface area contributed by atoms with Gasteiger partial charge in [0.05, 0.1) is 12.7 Å². The fraction of sp³-hybridized carbons (Fsp3) is 0.0833. The zero-order chi connectivity index (χ0) is 13.7. The standard InChI is InChI=1S/C12H11ClN4O2/c13-9-3-1-8(2-4-9)12(19)14-7-11(18)16-10-5-6-15-17-10/h1-6H,7H2,(H,14,19)(H2,15,16,17,18). The molecule has 6 nitrogen and oxygen atoms in total. The van der Waals surface area contributed by atoms with Crippen molar-refractivity contribution in [3.05, 3.63) is 47.1 Å². The number of anilines is 1. The first-order valence-electron chi connectivity index (χ1n) is 5.48. The average Bonchev–Trinajstić information content (AvgIpc) is 2.89. The second-order valence-corrected chi connectivity index (χ2v) is 4.14. The molecule has 0 unspecified atom stereocenters. The average molecular weight is 279 g/mol. The molecular formula is C12H11ClN4O2.